The smallest absolute Gasteiger partial charge is 0.223 e. The Hall–Kier alpha value is 0.200. The molecule has 1 rings (SSSR count). The average molecular weight is 301 g/mol. The van der Waals surface area contributed by atoms with Gasteiger partial charge in [0.2, 0.25) is 3.79 Å². The van der Waals surface area contributed by atoms with Crippen LogP contribution in [0.1, 0.15) is 10.4 Å². The van der Waals surface area contributed by atoms with Gasteiger partial charge in [-0.2, -0.15) is 0 Å². The van der Waals surface area contributed by atoms with Crippen LogP contribution in [-0.2, 0) is 0 Å². The summed E-state index contributed by atoms with van der Waals surface area (Å²) in [4.78, 5) is 10.9. The number of hydrogen-bond donors (Lipinski definition) is 0. The van der Waals surface area contributed by atoms with Crippen molar-refractivity contribution in [3.63, 3.8) is 0 Å². The zero-order chi connectivity index (χ0) is 8.43. The minimum absolute atomic E-state index is 0.102. The van der Waals surface area contributed by atoms with Crippen molar-refractivity contribution in [2.45, 2.75) is 0 Å². The number of carbonyl (C=O) groups excluding carboxylic acids is 1. The monoisotopic (exact) mass is 300 g/mol. The Bertz CT molecular complexity index is 298. The molecule has 1 nitrogen and oxygen atoms in total. The van der Waals surface area contributed by atoms with Crippen LogP contribution < -0.4 is 0 Å². The fraction of sp³-hybridized carbons (Fsp3) is 0. The summed E-state index contributed by atoms with van der Waals surface area (Å²) in [6, 6.07) is 4.98. The normalized spacial score (nSPS) is 9.73. The average Bonchev–Trinajstić information content (AvgIpc) is 1.94. The fourth-order valence-electron chi connectivity index (χ4n) is 0.656. The van der Waals surface area contributed by atoms with Crippen LogP contribution in [0, 0.1) is 0 Å². The molecular weight excluding hydrogens is 298 g/mol. The van der Waals surface area contributed by atoms with E-state index in [0.717, 1.165) is 0 Å². The van der Waals surface area contributed by atoms with Gasteiger partial charge in [0.1, 0.15) is 0 Å². The molecule has 0 heterocycles. The van der Waals surface area contributed by atoms with Gasteiger partial charge in [-0.1, -0.05) is 29.3 Å². The van der Waals surface area contributed by atoms with Crippen molar-refractivity contribution < 1.29 is 4.79 Å². The van der Waals surface area contributed by atoms with Gasteiger partial charge in [0, 0.05) is 28.2 Å². The van der Waals surface area contributed by atoms with Crippen molar-refractivity contribution in [3.05, 3.63) is 33.8 Å². The summed E-state index contributed by atoms with van der Waals surface area (Å²) in [5.41, 5.74) is 0.458. The first-order valence-corrected chi connectivity index (χ1v) is 4.60. The fourth-order valence-corrected chi connectivity index (χ4v) is 1.65. The Kier molecular flexibility index (Phi) is 3.16. The van der Waals surface area contributed by atoms with Gasteiger partial charge in [-0.15, -0.1) is 0 Å². The molecular formula is C7H3Cl2IO. The summed E-state index contributed by atoms with van der Waals surface area (Å²) in [5.74, 6) is 0. The molecule has 1 aromatic carbocycles. The number of halogens is 3. The summed E-state index contributed by atoms with van der Waals surface area (Å²) < 4.78 is -0.102. The highest BCUT2D eigenvalue weighted by Gasteiger charge is 2.08. The highest BCUT2D eigenvalue weighted by molar-refractivity contribution is 14.1. The van der Waals surface area contributed by atoms with E-state index in [2.05, 4.69) is 0 Å². The number of rotatable bonds is 1. The van der Waals surface area contributed by atoms with Crippen LogP contribution in [0.2, 0.25) is 10.0 Å². The van der Waals surface area contributed by atoms with Crippen LogP contribution in [0.3, 0.4) is 0 Å². The molecule has 0 aliphatic carbocycles. The van der Waals surface area contributed by atoms with Crippen molar-refractivity contribution in [1.82, 2.24) is 0 Å². The highest BCUT2D eigenvalue weighted by Crippen LogP contribution is 2.26. The quantitative estimate of drug-likeness (QED) is 0.572. The van der Waals surface area contributed by atoms with Crippen LogP contribution in [-0.4, -0.2) is 3.79 Å². The zero-order valence-corrected chi connectivity index (χ0v) is 8.94. The molecule has 0 amide bonds. The third kappa shape index (κ3) is 2.07. The maximum absolute atomic E-state index is 10.9. The van der Waals surface area contributed by atoms with Crippen molar-refractivity contribution in [3.8, 4) is 0 Å². The lowest BCUT2D eigenvalue weighted by Gasteiger charge is -1.98. The Morgan fingerprint density at radius 1 is 1.36 bits per heavy atom. The van der Waals surface area contributed by atoms with E-state index in [-0.39, 0.29) is 3.79 Å². The van der Waals surface area contributed by atoms with Crippen LogP contribution in [0.4, 0.5) is 0 Å². The second kappa shape index (κ2) is 3.74. The van der Waals surface area contributed by atoms with Gasteiger partial charge < -0.3 is 0 Å². The maximum atomic E-state index is 10.9. The van der Waals surface area contributed by atoms with E-state index in [1.165, 1.54) is 0 Å². The molecule has 0 saturated heterocycles. The van der Waals surface area contributed by atoms with Gasteiger partial charge in [0.05, 0.1) is 10.0 Å². The molecule has 0 saturated carbocycles. The summed E-state index contributed by atoms with van der Waals surface area (Å²) in [6.45, 7) is 0. The van der Waals surface area contributed by atoms with Crippen molar-refractivity contribution in [2.75, 3.05) is 0 Å². The van der Waals surface area contributed by atoms with E-state index >= 15 is 0 Å². The van der Waals surface area contributed by atoms with Gasteiger partial charge in [0.25, 0.3) is 0 Å². The van der Waals surface area contributed by atoms with Gasteiger partial charge in [0.15, 0.2) is 0 Å². The highest BCUT2D eigenvalue weighted by atomic mass is 127. The largest absolute Gasteiger partial charge is 0.282 e. The van der Waals surface area contributed by atoms with E-state index < -0.39 is 0 Å². The predicted octanol–water partition coefficient (Wildman–Crippen LogP) is 3.57. The lowest BCUT2D eigenvalue weighted by molar-refractivity contribution is 0.110. The third-order valence-corrected chi connectivity index (χ3v) is 2.56. The molecule has 0 fully saturated rings. The van der Waals surface area contributed by atoms with Crippen LogP contribution >= 0.6 is 45.8 Å². The molecule has 0 spiro atoms. The molecule has 0 atom stereocenters. The van der Waals surface area contributed by atoms with E-state index in [4.69, 9.17) is 23.2 Å². The van der Waals surface area contributed by atoms with Gasteiger partial charge >= 0.3 is 0 Å². The summed E-state index contributed by atoms with van der Waals surface area (Å²) >= 11 is 13.1. The second-order valence-electron chi connectivity index (χ2n) is 1.88. The van der Waals surface area contributed by atoms with E-state index in [9.17, 15) is 4.79 Å². The standard InChI is InChI=1S/C7H3Cl2IO/c8-5-3-1-2-4(6(5)9)7(10)11/h1-3H. The molecule has 0 N–H and O–H groups in total. The molecule has 0 bridgehead atoms. The first-order valence-electron chi connectivity index (χ1n) is 2.77. The summed E-state index contributed by atoms with van der Waals surface area (Å²) in [5, 5.41) is 0.739. The molecule has 58 valence electrons. The maximum Gasteiger partial charge on any atom is 0.223 e. The van der Waals surface area contributed by atoms with Crippen molar-refractivity contribution >= 4 is 49.6 Å². The second-order valence-corrected chi connectivity index (χ2v) is 3.64. The Labute approximate surface area is 87.8 Å². The van der Waals surface area contributed by atoms with Crippen molar-refractivity contribution in [2.24, 2.45) is 0 Å². The lowest BCUT2D eigenvalue weighted by atomic mass is 10.2. The number of hydrogen-bond acceptors (Lipinski definition) is 1. The van der Waals surface area contributed by atoms with Crippen LogP contribution in [0.5, 0.6) is 0 Å². The van der Waals surface area contributed by atoms with Gasteiger partial charge in [-0.3, -0.25) is 4.79 Å². The van der Waals surface area contributed by atoms with Gasteiger partial charge in [-0.05, 0) is 12.1 Å². The molecule has 1 aromatic rings. The first-order chi connectivity index (χ1) is 5.13. The van der Waals surface area contributed by atoms with Crippen molar-refractivity contribution in [1.29, 1.82) is 0 Å². The van der Waals surface area contributed by atoms with Crippen LogP contribution in [0.25, 0.3) is 0 Å². The lowest BCUT2D eigenvalue weighted by Crippen LogP contribution is -1.88. The molecule has 4 heteroatoms. The SMILES string of the molecule is O=C(I)c1cccc(Cl)c1Cl. The van der Waals surface area contributed by atoms with E-state index in [1.807, 2.05) is 0 Å². The minimum Gasteiger partial charge on any atom is -0.282 e. The number of benzene rings is 1. The Balaban J connectivity index is 3.27. The topological polar surface area (TPSA) is 17.1 Å². The van der Waals surface area contributed by atoms with E-state index in [1.54, 1.807) is 40.8 Å². The molecule has 0 aliphatic heterocycles. The van der Waals surface area contributed by atoms with Crippen LogP contribution in [0.15, 0.2) is 18.2 Å². The Morgan fingerprint density at radius 3 is 2.45 bits per heavy atom. The molecule has 0 aliphatic rings. The Morgan fingerprint density at radius 2 is 2.00 bits per heavy atom. The molecule has 11 heavy (non-hydrogen) atoms. The molecule has 0 radical (unpaired) electrons. The van der Waals surface area contributed by atoms with E-state index in [0.29, 0.717) is 15.6 Å². The zero-order valence-electron chi connectivity index (χ0n) is 5.27. The summed E-state index contributed by atoms with van der Waals surface area (Å²) in [7, 11) is 0. The predicted molar refractivity (Wildman–Crippen MR) is 54.8 cm³/mol. The molecule has 0 aromatic heterocycles. The summed E-state index contributed by atoms with van der Waals surface area (Å²) in [6.07, 6.45) is 0. The first kappa shape index (κ1) is 9.29. The number of carbonyl (C=O) groups is 1. The van der Waals surface area contributed by atoms with Gasteiger partial charge in [-0.25, -0.2) is 0 Å². The third-order valence-electron chi connectivity index (χ3n) is 1.16. The minimum atomic E-state index is -0.102. The molecule has 0 unspecified atom stereocenters.